The number of carbonyl (C=O) groups excluding carboxylic acids is 2. The number of amides is 2. The molecule has 0 atom stereocenters. The van der Waals surface area contributed by atoms with Crippen LogP contribution in [0.4, 0.5) is 4.79 Å². The number of nitrogens with zero attached hydrogens (tertiary/aromatic N) is 1. The second-order valence-electron chi connectivity index (χ2n) is 3.71. The Morgan fingerprint density at radius 3 is 2.08 bits per heavy atom. The van der Waals surface area contributed by atoms with Crippen LogP contribution in [0.25, 0.3) is 0 Å². The van der Waals surface area contributed by atoms with E-state index in [2.05, 4.69) is 5.43 Å². The molecule has 13 heavy (non-hydrogen) atoms. The minimum absolute atomic E-state index is 0.312. The third-order valence-corrected chi connectivity index (χ3v) is 0.993. The van der Waals surface area contributed by atoms with E-state index in [1.165, 1.54) is 14.0 Å². The van der Waals surface area contributed by atoms with Crippen LogP contribution >= 0.6 is 0 Å². The van der Waals surface area contributed by atoms with Gasteiger partial charge in [0.15, 0.2) is 0 Å². The Morgan fingerprint density at radius 2 is 1.77 bits per heavy atom. The number of ether oxygens (including phenoxy) is 1. The van der Waals surface area contributed by atoms with Gasteiger partial charge in [0.1, 0.15) is 5.60 Å². The summed E-state index contributed by atoms with van der Waals surface area (Å²) in [4.78, 5) is 21.7. The van der Waals surface area contributed by atoms with E-state index in [0.717, 1.165) is 5.01 Å². The van der Waals surface area contributed by atoms with Gasteiger partial charge in [-0.3, -0.25) is 10.2 Å². The highest BCUT2D eigenvalue weighted by Gasteiger charge is 2.19. The Kier molecular flexibility index (Phi) is 3.71. The van der Waals surface area contributed by atoms with E-state index >= 15 is 0 Å². The van der Waals surface area contributed by atoms with E-state index in [1.807, 2.05) is 0 Å². The number of nitrogens with one attached hydrogen (secondary N) is 1. The van der Waals surface area contributed by atoms with Gasteiger partial charge in [-0.25, -0.2) is 9.80 Å². The van der Waals surface area contributed by atoms with Gasteiger partial charge in [-0.15, -0.1) is 0 Å². The van der Waals surface area contributed by atoms with Crippen LogP contribution in [-0.4, -0.2) is 29.7 Å². The summed E-state index contributed by atoms with van der Waals surface area (Å²) in [5, 5.41) is 1.01. The lowest BCUT2D eigenvalue weighted by Crippen LogP contribution is -2.44. The van der Waals surface area contributed by atoms with Crippen molar-refractivity contribution in [2.45, 2.75) is 33.3 Å². The fourth-order valence-electron chi connectivity index (χ4n) is 0.612. The first-order valence-electron chi connectivity index (χ1n) is 3.96. The lowest BCUT2D eigenvalue weighted by molar-refractivity contribution is -0.123. The largest absolute Gasteiger partial charge is 0.442 e. The minimum atomic E-state index is -0.581. The third kappa shape index (κ3) is 5.95. The quantitative estimate of drug-likeness (QED) is 0.575. The number of rotatable bonds is 0. The van der Waals surface area contributed by atoms with Crippen molar-refractivity contribution in [2.75, 3.05) is 7.05 Å². The normalized spacial score (nSPS) is 10.5. The van der Waals surface area contributed by atoms with E-state index in [-0.39, 0.29) is 5.91 Å². The van der Waals surface area contributed by atoms with Crippen molar-refractivity contribution in [3.63, 3.8) is 0 Å². The van der Waals surface area contributed by atoms with Crippen molar-refractivity contribution in [3.8, 4) is 0 Å². The Bertz CT molecular complexity index is 208. The highest BCUT2D eigenvalue weighted by Crippen LogP contribution is 2.07. The second-order valence-corrected chi connectivity index (χ2v) is 3.71. The fourth-order valence-corrected chi connectivity index (χ4v) is 0.612. The zero-order chi connectivity index (χ0) is 10.6. The predicted octanol–water partition coefficient (Wildman–Crippen LogP) is 0.904. The molecule has 0 fully saturated rings. The van der Waals surface area contributed by atoms with Crippen LogP contribution < -0.4 is 5.43 Å². The van der Waals surface area contributed by atoms with Gasteiger partial charge in [-0.2, -0.15) is 0 Å². The molecule has 0 aliphatic rings. The van der Waals surface area contributed by atoms with Crippen molar-refractivity contribution in [1.82, 2.24) is 10.4 Å². The van der Waals surface area contributed by atoms with Crippen LogP contribution in [0.15, 0.2) is 0 Å². The van der Waals surface area contributed by atoms with E-state index < -0.39 is 11.7 Å². The maximum Gasteiger partial charge on any atom is 0.428 e. The van der Waals surface area contributed by atoms with Crippen LogP contribution in [0.2, 0.25) is 0 Å². The van der Waals surface area contributed by atoms with Crippen LogP contribution in [0.3, 0.4) is 0 Å². The Balaban J connectivity index is 4.05. The molecule has 0 aliphatic heterocycles. The van der Waals surface area contributed by atoms with Gasteiger partial charge in [-0.05, 0) is 20.8 Å². The molecule has 5 nitrogen and oxygen atoms in total. The first kappa shape index (κ1) is 11.7. The fraction of sp³-hybridized carbons (Fsp3) is 0.750. The van der Waals surface area contributed by atoms with Crippen molar-refractivity contribution in [1.29, 1.82) is 0 Å². The average molecular weight is 188 g/mol. The molecule has 0 saturated heterocycles. The van der Waals surface area contributed by atoms with Gasteiger partial charge in [0.25, 0.3) is 0 Å². The summed E-state index contributed by atoms with van der Waals surface area (Å²) in [6, 6.07) is 0. The van der Waals surface area contributed by atoms with Gasteiger partial charge in [-0.1, -0.05) is 0 Å². The maximum atomic E-state index is 11.2. The molecule has 2 amide bonds. The smallest absolute Gasteiger partial charge is 0.428 e. The summed E-state index contributed by atoms with van der Waals surface area (Å²) < 4.78 is 4.97. The van der Waals surface area contributed by atoms with Gasteiger partial charge in [0, 0.05) is 14.0 Å². The SMILES string of the molecule is CC(=O)NN(C)C(=O)OC(C)(C)C. The Morgan fingerprint density at radius 1 is 1.31 bits per heavy atom. The molecular formula is C8H16N2O3. The number of hydrazine groups is 1. The minimum Gasteiger partial charge on any atom is -0.442 e. The highest BCUT2D eigenvalue weighted by atomic mass is 16.6. The van der Waals surface area contributed by atoms with Crippen LogP contribution in [0, 0.1) is 0 Å². The summed E-state index contributed by atoms with van der Waals surface area (Å²) in [7, 11) is 1.43. The van der Waals surface area contributed by atoms with E-state index in [1.54, 1.807) is 20.8 Å². The van der Waals surface area contributed by atoms with Crippen molar-refractivity contribution in [2.24, 2.45) is 0 Å². The Hall–Kier alpha value is -1.26. The van der Waals surface area contributed by atoms with Crippen molar-refractivity contribution in [3.05, 3.63) is 0 Å². The molecule has 5 heteroatoms. The summed E-state index contributed by atoms with van der Waals surface area (Å²) in [6.07, 6.45) is -0.581. The van der Waals surface area contributed by atoms with E-state index in [4.69, 9.17) is 4.74 Å². The van der Waals surface area contributed by atoms with Crippen LogP contribution in [-0.2, 0) is 9.53 Å². The summed E-state index contributed by atoms with van der Waals surface area (Å²) in [5.41, 5.74) is 1.73. The van der Waals surface area contributed by atoms with Crippen molar-refractivity contribution < 1.29 is 14.3 Å². The monoisotopic (exact) mass is 188 g/mol. The lowest BCUT2D eigenvalue weighted by Gasteiger charge is -2.24. The first-order chi connectivity index (χ1) is 5.72. The molecule has 1 N–H and O–H groups in total. The Labute approximate surface area is 78.0 Å². The molecule has 0 spiro atoms. The van der Waals surface area contributed by atoms with Crippen LogP contribution in [0.5, 0.6) is 0 Å². The summed E-state index contributed by atoms with van der Waals surface area (Å²) >= 11 is 0. The number of hydrogen-bond acceptors (Lipinski definition) is 3. The molecule has 0 aromatic rings. The van der Waals surface area contributed by atoms with Crippen LogP contribution in [0.1, 0.15) is 27.7 Å². The number of hydrogen-bond donors (Lipinski definition) is 1. The van der Waals surface area contributed by atoms with Gasteiger partial charge < -0.3 is 4.74 Å². The maximum absolute atomic E-state index is 11.2. The molecule has 0 rings (SSSR count). The molecular weight excluding hydrogens is 172 g/mol. The molecule has 0 saturated carbocycles. The molecule has 0 heterocycles. The van der Waals surface area contributed by atoms with E-state index in [0.29, 0.717) is 0 Å². The van der Waals surface area contributed by atoms with Gasteiger partial charge >= 0.3 is 6.09 Å². The molecule has 0 unspecified atom stereocenters. The molecule has 0 aromatic carbocycles. The average Bonchev–Trinajstić information content (AvgIpc) is 1.81. The van der Waals surface area contributed by atoms with Gasteiger partial charge in [0.05, 0.1) is 0 Å². The predicted molar refractivity (Wildman–Crippen MR) is 47.8 cm³/mol. The zero-order valence-corrected chi connectivity index (χ0v) is 8.67. The third-order valence-electron chi connectivity index (χ3n) is 0.993. The molecule has 0 aromatic heterocycles. The first-order valence-corrected chi connectivity index (χ1v) is 3.96. The van der Waals surface area contributed by atoms with E-state index in [9.17, 15) is 9.59 Å². The van der Waals surface area contributed by atoms with Gasteiger partial charge in [0.2, 0.25) is 5.91 Å². The molecule has 76 valence electrons. The number of carbonyl (C=O) groups is 2. The van der Waals surface area contributed by atoms with Crippen molar-refractivity contribution >= 4 is 12.0 Å². The highest BCUT2D eigenvalue weighted by molar-refractivity contribution is 5.76. The standard InChI is InChI=1S/C8H16N2O3/c1-6(11)9-10(5)7(12)13-8(2,3)4/h1-5H3,(H,9,11). The molecule has 0 radical (unpaired) electrons. The topological polar surface area (TPSA) is 58.6 Å². The molecule has 0 aliphatic carbocycles. The summed E-state index contributed by atoms with van der Waals surface area (Å²) in [5.74, 6) is -0.312. The summed E-state index contributed by atoms with van der Waals surface area (Å²) in [6.45, 7) is 6.59. The lowest BCUT2D eigenvalue weighted by atomic mass is 10.2. The second kappa shape index (κ2) is 4.11. The zero-order valence-electron chi connectivity index (χ0n) is 8.67. The molecule has 0 bridgehead atoms.